The number of aromatic nitrogens is 2. The number of alkyl halides is 3. The molecule has 2 heterocycles. The normalized spacial score (nSPS) is 15.3. The molecule has 3 rings (SSSR count). The Balaban J connectivity index is 1.88. The highest BCUT2D eigenvalue weighted by molar-refractivity contribution is 8.00. The number of imide groups is 1. The third-order valence-electron chi connectivity index (χ3n) is 3.53. The first-order valence-electron chi connectivity index (χ1n) is 7.16. The van der Waals surface area contributed by atoms with E-state index in [0.717, 1.165) is 16.7 Å². The number of para-hydroxylation sites is 1. The minimum atomic E-state index is -4.67. The third kappa shape index (κ3) is 3.35. The molecular weight excluding hydrogens is 343 g/mol. The van der Waals surface area contributed by atoms with Gasteiger partial charge >= 0.3 is 6.18 Å². The van der Waals surface area contributed by atoms with E-state index >= 15 is 0 Å². The number of nitrogens with zero attached hydrogens (tertiary/aromatic N) is 3. The molecule has 0 spiro atoms. The van der Waals surface area contributed by atoms with E-state index in [0.29, 0.717) is 24.8 Å². The van der Waals surface area contributed by atoms with Gasteiger partial charge in [0, 0.05) is 18.4 Å². The van der Waals surface area contributed by atoms with E-state index in [-0.39, 0.29) is 22.2 Å². The van der Waals surface area contributed by atoms with Gasteiger partial charge in [-0.15, -0.1) is 0 Å². The maximum atomic E-state index is 12.9. The van der Waals surface area contributed by atoms with E-state index < -0.39 is 17.9 Å². The zero-order valence-corrected chi connectivity index (χ0v) is 13.2. The third-order valence-corrected chi connectivity index (χ3v) is 4.50. The molecule has 2 amide bonds. The molecule has 0 saturated carbocycles. The zero-order chi connectivity index (χ0) is 17.3. The molecule has 126 valence electrons. The van der Waals surface area contributed by atoms with Crippen LogP contribution in [-0.4, -0.2) is 39.0 Å². The monoisotopic (exact) mass is 355 g/mol. The molecule has 0 bridgehead atoms. The molecule has 2 aromatic rings. The fourth-order valence-electron chi connectivity index (χ4n) is 2.40. The van der Waals surface area contributed by atoms with Crippen LogP contribution >= 0.6 is 11.8 Å². The quantitative estimate of drug-likeness (QED) is 0.626. The Labute approximate surface area is 139 Å². The van der Waals surface area contributed by atoms with E-state index in [1.807, 2.05) is 0 Å². The summed E-state index contributed by atoms with van der Waals surface area (Å²) in [5.41, 5.74) is 0.159. The van der Waals surface area contributed by atoms with Crippen LogP contribution in [0.4, 0.5) is 13.2 Å². The molecule has 0 unspecified atom stereocenters. The van der Waals surface area contributed by atoms with Crippen LogP contribution in [0.5, 0.6) is 0 Å². The van der Waals surface area contributed by atoms with Gasteiger partial charge < -0.3 is 0 Å². The summed E-state index contributed by atoms with van der Waals surface area (Å²) in [4.78, 5) is 31.8. The lowest BCUT2D eigenvalue weighted by molar-refractivity contribution is -0.145. The standard InChI is InChI=1S/C15H12F3N3O2S/c16-15(17,18)14-19-10-5-2-1-4-9(10)13(20-14)24-8-12(23)21-7-3-6-11(21)22/h1-2,4-5H,3,6-8H2. The Hall–Kier alpha value is -2.16. The summed E-state index contributed by atoms with van der Waals surface area (Å²) in [7, 11) is 0. The van der Waals surface area contributed by atoms with Gasteiger partial charge in [-0.3, -0.25) is 14.5 Å². The molecule has 24 heavy (non-hydrogen) atoms. The number of hydrogen-bond donors (Lipinski definition) is 0. The number of amides is 2. The molecule has 1 aromatic carbocycles. The van der Waals surface area contributed by atoms with Gasteiger partial charge in [0.15, 0.2) is 0 Å². The average molecular weight is 355 g/mol. The van der Waals surface area contributed by atoms with Crippen LogP contribution in [0.15, 0.2) is 29.3 Å². The number of carbonyl (C=O) groups is 2. The van der Waals surface area contributed by atoms with Crippen molar-refractivity contribution in [1.82, 2.24) is 14.9 Å². The number of fused-ring (bicyclic) bond motifs is 1. The lowest BCUT2D eigenvalue weighted by Gasteiger charge is -2.14. The van der Waals surface area contributed by atoms with E-state index in [4.69, 9.17) is 0 Å². The predicted molar refractivity (Wildman–Crippen MR) is 81.2 cm³/mol. The van der Waals surface area contributed by atoms with Crippen molar-refractivity contribution in [3.8, 4) is 0 Å². The summed E-state index contributed by atoms with van der Waals surface area (Å²) < 4.78 is 38.8. The SMILES string of the molecule is O=C1CCCN1C(=O)CSc1nc(C(F)(F)F)nc2ccccc12. The van der Waals surface area contributed by atoms with Crippen LogP contribution in [-0.2, 0) is 15.8 Å². The summed E-state index contributed by atoms with van der Waals surface area (Å²) in [6.45, 7) is 0.358. The number of hydrogen-bond acceptors (Lipinski definition) is 5. The predicted octanol–water partition coefficient (Wildman–Crippen LogP) is 2.89. The van der Waals surface area contributed by atoms with Crippen LogP contribution in [0.3, 0.4) is 0 Å². The molecule has 0 radical (unpaired) electrons. The summed E-state index contributed by atoms with van der Waals surface area (Å²) in [6.07, 6.45) is -3.73. The van der Waals surface area contributed by atoms with Gasteiger partial charge in [0.1, 0.15) is 5.03 Å². The maximum absolute atomic E-state index is 12.9. The Morgan fingerprint density at radius 3 is 2.67 bits per heavy atom. The van der Waals surface area contributed by atoms with Crippen molar-refractivity contribution in [2.24, 2.45) is 0 Å². The van der Waals surface area contributed by atoms with Gasteiger partial charge in [0.25, 0.3) is 0 Å². The Bertz CT molecular complexity index is 810. The number of halogens is 3. The van der Waals surface area contributed by atoms with Crippen LogP contribution in [0, 0.1) is 0 Å². The van der Waals surface area contributed by atoms with Crippen molar-refractivity contribution < 1.29 is 22.8 Å². The topological polar surface area (TPSA) is 63.2 Å². The summed E-state index contributed by atoms with van der Waals surface area (Å²) >= 11 is 0.883. The van der Waals surface area contributed by atoms with Gasteiger partial charge in [0.2, 0.25) is 17.6 Å². The van der Waals surface area contributed by atoms with Crippen molar-refractivity contribution >= 4 is 34.5 Å². The second kappa shape index (κ2) is 6.39. The molecule has 0 atom stereocenters. The molecule has 1 aliphatic rings. The van der Waals surface area contributed by atoms with Crippen molar-refractivity contribution in [3.05, 3.63) is 30.1 Å². The van der Waals surface area contributed by atoms with Crippen LogP contribution in [0.25, 0.3) is 10.9 Å². The van der Waals surface area contributed by atoms with Gasteiger partial charge in [-0.05, 0) is 12.5 Å². The highest BCUT2D eigenvalue weighted by Crippen LogP contribution is 2.32. The first-order valence-corrected chi connectivity index (χ1v) is 8.15. The summed E-state index contributed by atoms with van der Waals surface area (Å²) in [5.74, 6) is -2.05. The first-order chi connectivity index (χ1) is 11.4. The Morgan fingerprint density at radius 2 is 2.00 bits per heavy atom. The lowest BCUT2D eigenvalue weighted by atomic mass is 10.2. The van der Waals surface area contributed by atoms with Crippen LogP contribution in [0.2, 0.25) is 0 Å². The van der Waals surface area contributed by atoms with E-state index in [9.17, 15) is 22.8 Å². The second-order valence-electron chi connectivity index (χ2n) is 5.20. The van der Waals surface area contributed by atoms with Gasteiger partial charge in [-0.25, -0.2) is 9.97 Å². The average Bonchev–Trinajstić information content (AvgIpc) is 2.97. The molecule has 1 aliphatic heterocycles. The van der Waals surface area contributed by atoms with Crippen LogP contribution in [0.1, 0.15) is 18.7 Å². The fraction of sp³-hybridized carbons (Fsp3) is 0.333. The molecule has 9 heteroatoms. The molecule has 1 saturated heterocycles. The number of carbonyl (C=O) groups excluding carboxylic acids is 2. The van der Waals surface area contributed by atoms with Gasteiger partial charge in [0.05, 0.1) is 11.3 Å². The minimum absolute atomic E-state index is 0.0768. The highest BCUT2D eigenvalue weighted by Gasteiger charge is 2.35. The molecule has 1 fully saturated rings. The molecule has 0 aliphatic carbocycles. The fourth-order valence-corrected chi connectivity index (χ4v) is 3.30. The van der Waals surface area contributed by atoms with Crippen molar-refractivity contribution in [1.29, 1.82) is 0 Å². The summed E-state index contributed by atoms with van der Waals surface area (Å²) in [5, 5.41) is 0.518. The van der Waals surface area contributed by atoms with E-state index in [2.05, 4.69) is 9.97 Å². The van der Waals surface area contributed by atoms with Gasteiger partial charge in [-0.1, -0.05) is 30.0 Å². The van der Waals surface area contributed by atoms with Crippen molar-refractivity contribution in [2.45, 2.75) is 24.0 Å². The molecule has 0 N–H and O–H groups in total. The Kier molecular flexibility index (Phi) is 4.44. The van der Waals surface area contributed by atoms with Crippen molar-refractivity contribution in [2.75, 3.05) is 12.3 Å². The number of benzene rings is 1. The van der Waals surface area contributed by atoms with Crippen molar-refractivity contribution in [3.63, 3.8) is 0 Å². The minimum Gasteiger partial charge on any atom is -0.282 e. The Morgan fingerprint density at radius 1 is 1.25 bits per heavy atom. The molecule has 5 nitrogen and oxygen atoms in total. The lowest BCUT2D eigenvalue weighted by Crippen LogP contribution is -2.33. The zero-order valence-electron chi connectivity index (χ0n) is 12.3. The number of rotatable bonds is 3. The largest absolute Gasteiger partial charge is 0.451 e. The maximum Gasteiger partial charge on any atom is 0.451 e. The number of likely N-dealkylation sites (tertiary alicyclic amines) is 1. The second-order valence-corrected chi connectivity index (χ2v) is 6.16. The molecule has 1 aromatic heterocycles. The highest BCUT2D eigenvalue weighted by atomic mass is 32.2. The van der Waals surface area contributed by atoms with Crippen LogP contribution < -0.4 is 0 Å². The summed E-state index contributed by atoms with van der Waals surface area (Å²) in [6, 6.07) is 6.30. The van der Waals surface area contributed by atoms with E-state index in [1.165, 1.54) is 6.07 Å². The molecular formula is C15H12F3N3O2S. The smallest absolute Gasteiger partial charge is 0.282 e. The van der Waals surface area contributed by atoms with Gasteiger partial charge in [-0.2, -0.15) is 13.2 Å². The number of thioether (sulfide) groups is 1. The van der Waals surface area contributed by atoms with E-state index in [1.54, 1.807) is 18.2 Å². The first kappa shape index (κ1) is 16.7.